The van der Waals surface area contributed by atoms with Crippen molar-refractivity contribution in [3.05, 3.63) is 33.1 Å². The number of likely N-dealkylation sites (tertiary alicyclic amines) is 1. The summed E-state index contributed by atoms with van der Waals surface area (Å²) >= 11 is 5.90. The second-order valence-corrected chi connectivity index (χ2v) is 5.44. The Bertz CT molecular complexity index is 563. The summed E-state index contributed by atoms with van der Waals surface area (Å²) in [5.41, 5.74) is -0.0828. The Morgan fingerprint density at radius 1 is 1.53 bits per heavy atom. The molecule has 0 aromatic carbocycles. The van der Waals surface area contributed by atoms with Crippen LogP contribution in [-0.2, 0) is 0 Å². The molecular formula is C12H12ClN3O3. The average Bonchev–Trinajstić information content (AvgIpc) is 3.00. The molecule has 1 aliphatic heterocycles. The third kappa shape index (κ3) is 2.06. The number of nitrogens with zero attached hydrogens (tertiary/aromatic N) is 3. The van der Waals surface area contributed by atoms with Gasteiger partial charge in [0.1, 0.15) is 11.3 Å². The highest BCUT2D eigenvalue weighted by Gasteiger charge is 2.41. The third-order valence-corrected chi connectivity index (χ3v) is 4.24. The Morgan fingerprint density at radius 2 is 2.32 bits per heavy atom. The number of hydrogen-bond donors (Lipinski definition) is 0. The minimum absolute atomic E-state index is 0.0263. The zero-order valence-electron chi connectivity index (χ0n) is 10.1. The number of hydrogen-bond acceptors (Lipinski definition) is 4. The van der Waals surface area contributed by atoms with Crippen LogP contribution in [0.25, 0.3) is 0 Å². The van der Waals surface area contributed by atoms with Crippen LogP contribution in [0.5, 0.6) is 0 Å². The highest BCUT2D eigenvalue weighted by atomic mass is 35.5. The van der Waals surface area contributed by atoms with Crippen LogP contribution >= 0.6 is 11.6 Å². The van der Waals surface area contributed by atoms with Gasteiger partial charge in [0.2, 0.25) is 0 Å². The number of amides is 1. The number of carbonyl (C=O) groups is 1. The molecule has 0 radical (unpaired) electrons. The number of fused-ring (bicyclic) bond motifs is 2. The standard InChI is InChI=1S/C12H12ClN3O3/c13-11-10(4-9(5-14-11)16(18)19)12(17)15-6-7-1-2-8(15)3-7/h4-5,7-8H,1-3,6H2. The molecule has 1 amide bonds. The molecule has 3 rings (SSSR count). The third-order valence-electron chi connectivity index (χ3n) is 3.94. The van der Waals surface area contributed by atoms with Crippen LogP contribution in [0.4, 0.5) is 5.69 Å². The second-order valence-electron chi connectivity index (χ2n) is 5.08. The van der Waals surface area contributed by atoms with E-state index in [1.54, 1.807) is 4.90 Å². The van der Waals surface area contributed by atoms with E-state index in [2.05, 4.69) is 4.98 Å². The molecular weight excluding hydrogens is 270 g/mol. The molecule has 1 aromatic heterocycles. The monoisotopic (exact) mass is 281 g/mol. The quantitative estimate of drug-likeness (QED) is 0.473. The predicted octanol–water partition coefficient (Wildman–Crippen LogP) is 2.27. The summed E-state index contributed by atoms with van der Waals surface area (Å²) in [4.78, 5) is 28.1. The fraction of sp³-hybridized carbons (Fsp3) is 0.500. The molecule has 2 atom stereocenters. The van der Waals surface area contributed by atoms with Crippen LogP contribution in [-0.4, -0.2) is 33.3 Å². The molecule has 1 aliphatic carbocycles. The maximum Gasteiger partial charge on any atom is 0.288 e. The van der Waals surface area contributed by atoms with Gasteiger partial charge in [-0.05, 0) is 25.2 Å². The van der Waals surface area contributed by atoms with Crippen molar-refractivity contribution in [2.24, 2.45) is 5.92 Å². The van der Waals surface area contributed by atoms with Crippen molar-refractivity contribution in [3.63, 3.8) is 0 Å². The maximum absolute atomic E-state index is 12.4. The fourth-order valence-corrected chi connectivity index (χ4v) is 3.20. The summed E-state index contributed by atoms with van der Waals surface area (Å²) in [5.74, 6) is 0.327. The largest absolute Gasteiger partial charge is 0.335 e. The Kier molecular flexibility index (Phi) is 2.89. The van der Waals surface area contributed by atoms with Gasteiger partial charge in [0.05, 0.1) is 10.5 Å². The van der Waals surface area contributed by atoms with Crippen molar-refractivity contribution in [3.8, 4) is 0 Å². The zero-order chi connectivity index (χ0) is 13.6. The van der Waals surface area contributed by atoms with Crippen molar-refractivity contribution < 1.29 is 9.72 Å². The van der Waals surface area contributed by atoms with Gasteiger partial charge in [-0.3, -0.25) is 14.9 Å². The number of rotatable bonds is 2. The Labute approximate surface area is 114 Å². The lowest BCUT2D eigenvalue weighted by Gasteiger charge is -2.27. The van der Waals surface area contributed by atoms with Gasteiger partial charge in [-0.2, -0.15) is 0 Å². The van der Waals surface area contributed by atoms with E-state index in [1.807, 2.05) is 0 Å². The lowest BCUT2D eigenvalue weighted by Crippen LogP contribution is -2.37. The van der Waals surface area contributed by atoms with E-state index in [0.717, 1.165) is 32.0 Å². The molecule has 1 saturated carbocycles. The summed E-state index contributed by atoms with van der Waals surface area (Å²) in [6.45, 7) is 0.725. The molecule has 1 saturated heterocycles. The molecule has 2 fully saturated rings. The van der Waals surface area contributed by atoms with Crippen LogP contribution in [0.3, 0.4) is 0 Å². The van der Waals surface area contributed by atoms with Crippen LogP contribution in [0.15, 0.2) is 12.3 Å². The molecule has 2 heterocycles. The van der Waals surface area contributed by atoms with Gasteiger partial charge in [-0.1, -0.05) is 11.6 Å². The smallest absolute Gasteiger partial charge is 0.288 e. The van der Waals surface area contributed by atoms with Gasteiger partial charge in [-0.25, -0.2) is 4.98 Å². The number of pyridine rings is 1. The Balaban J connectivity index is 1.91. The van der Waals surface area contributed by atoms with E-state index >= 15 is 0 Å². The zero-order valence-corrected chi connectivity index (χ0v) is 10.8. The van der Waals surface area contributed by atoms with E-state index in [0.29, 0.717) is 5.92 Å². The fourth-order valence-electron chi connectivity index (χ4n) is 3.02. The van der Waals surface area contributed by atoms with Gasteiger partial charge < -0.3 is 4.90 Å². The number of piperidine rings is 1. The van der Waals surface area contributed by atoms with Crippen molar-refractivity contribution in [1.29, 1.82) is 0 Å². The molecule has 1 aromatic rings. The summed E-state index contributed by atoms with van der Waals surface area (Å²) in [5, 5.41) is 10.8. The van der Waals surface area contributed by atoms with E-state index in [1.165, 1.54) is 6.07 Å². The van der Waals surface area contributed by atoms with Crippen LogP contribution in [0, 0.1) is 16.0 Å². The van der Waals surface area contributed by atoms with Crippen LogP contribution in [0.1, 0.15) is 29.6 Å². The molecule has 19 heavy (non-hydrogen) atoms. The lowest BCUT2D eigenvalue weighted by atomic mass is 10.1. The first-order chi connectivity index (χ1) is 9.06. The molecule has 0 N–H and O–H groups in total. The van der Waals surface area contributed by atoms with Gasteiger partial charge in [0.15, 0.2) is 0 Å². The number of halogens is 1. The minimum atomic E-state index is -0.573. The van der Waals surface area contributed by atoms with Gasteiger partial charge in [-0.15, -0.1) is 0 Å². The molecule has 6 nitrogen and oxygen atoms in total. The highest BCUT2D eigenvalue weighted by Crippen LogP contribution is 2.38. The van der Waals surface area contributed by atoms with E-state index in [9.17, 15) is 14.9 Å². The molecule has 7 heteroatoms. The Hall–Kier alpha value is -1.69. The predicted molar refractivity (Wildman–Crippen MR) is 68.1 cm³/mol. The van der Waals surface area contributed by atoms with Crippen LogP contribution in [0.2, 0.25) is 5.15 Å². The maximum atomic E-state index is 12.4. The topological polar surface area (TPSA) is 76.3 Å². The average molecular weight is 282 g/mol. The van der Waals surface area contributed by atoms with Crippen LogP contribution < -0.4 is 0 Å². The van der Waals surface area contributed by atoms with E-state index in [-0.39, 0.29) is 28.4 Å². The molecule has 100 valence electrons. The van der Waals surface area contributed by atoms with Crippen molar-refractivity contribution in [2.45, 2.75) is 25.3 Å². The summed E-state index contributed by atoms with van der Waals surface area (Å²) in [6, 6.07) is 1.47. The summed E-state index contributed by atoms with van der Waals surface area (Å²) < 4.78 is 0. The van der Waals surface area contributed by atoms with Gasteiger partial charge in [0.25, 0.3) is 11.6 Å². The number of carbonyl (C=O) groups excluding carboxylic acids is 1. The second kappa shape index (κ2) is 4.45. The Morgan fingerprint density at radius 3 is 2.89 bits per heavy atom. The van der Waals surface area contributed by atoms with Crippen molar-refractivity contribution in [2.75, 3.05) is 6.54 Å². The number of nitro groups is 1. The van der Waals surface area contributed by atoms with Gasteiger partial charge in [0, 0.05) is 18.7 Å². The van der Waals surface area contributed by atoms with E-state index in [4.69, 9.17) is 11.6 Å². The lowest BCUT2D eigenvalue weighted by molar-refractivity contribution is -0.385. The molecule has 2 aliphatic rings. The SMILES string of the molecule is O=C(c1cc([N+](=O)[O-])cnc1Cl)N1CC2CCC1C2. The normalized spacial score (nSPS) is 24.8. The first-order valence-corrected chi connectivity index (χ1v) is 6.55. The van der Waals surface area contributed by atoms with Crippen molar-refractivity contribution in [1.82, 2.24) is 9.88 Å². The summed E-state index contributed by atoms with van der Waals surface area (Å²) in [7, 11) is 0. The first-order valence-electron chi connectivity index (χ1n) is 6.17. The molecule has 2 bridgehead atoms. The number of aromatic nitrogens is 1. The van der Waals surface area contributed by atoms with E-state index < -0.39 is 4.92 Å². The molecule has 0 spiro atoms. The summed E-state index contributed by atoms with van der Waals surface area (Å²) in [6.07, 6.45) is 4.27. The molecule has 2 unspecified atom stereocenters. The highest BCUT2D eigenvalue weighted by molar-refractivity contribution is 6.32. The van der Waals surface area contributed by atoms with Gasteiger partial charge >= 0.3 is 0 Å². The minimum Gasteiger partial charge on any atom is -0.335 e. The van der Waals surface area contributed by atoms with Crippen molar-refractivity contribution >= 4 is 23.2 Å². The first kappa shape index (κ1) is 12.3.